The summed E-state index contributed by atoms with van der Waals surface area (Å²) in [6.45, 7) is 39.2. The maximum Gasteiger partial charge on any atom is 2.00 e. The number of ether oxygens (including phenoxy) is 3. The van der Waals surface area contributed by atoms with E-state index in [2.05, 4.69) is 57.6 Å². The topological polar surface area (TPSA) is 163 Å². The molecule has 4 atom stereocenters. The van der Waals surface area contributed by atoms with Gasteiger partial charge in [0.05, 0.1) is 55.5 Å². The van der Waals surface area contributed by atoms with Crippen LogP contribution in [0.3, 0.4) is 0 Å². The zero-order chi connectivity index (χ0) is 53.2. The number of halogens is 2. The molecule has 0 aliphatic heterocycles. The van der Waals surface area contributed by atoms with E-state index >= 15 is 0 Å². The van der Waals surface area contributed by atoms with Crippen LogP contribution in [0.2, 0.25) is 0 Å². The molecule has 0 saturated heterocycles. The molecular formula is C56H91BrClMgN3O8S2. The van der Waals surface area contributed by atoms with Crippen molar-refractivity contribution in [2.75, 3.05) is 0 Å². The minimum absolute atomic E-state index is 0. The van der Waals surface area contributed by atoms with Gasteiger partial charge in [0.25, 0.3) is 0 Å². The largest absolute Gasteiger partial charge is 2.00 e. The zero-order valence-corrected chi connectivity index (χ0v) is 52.4. The first kappa shape index (κ1) is 76.0. The SMILES string of the molecule is CC(C)CC[C@@H](N)c1ccc(C(=O)OC(C)C)cc1.CC(C)CC[C@@H](N[S@@](=O)C(C)(C)C)c1ccc(C(=O)OC(C)C)cc1.CC(C)OC(=O)c1ccc(C=N[S@@](=O)C(C)(C)C)cc1.Cl.[Br-].[CH2-]CC(C)C.[Mg+2]. The molecule has 0 amide bonds. The molecule has 3 rings (SSSR count). The monoisotopic (exact) mass is 1140 g/mol. The Labute approximate surface area is 474 Å². The van der Waals surface area contributed by atoms with Gasteiger partial charge in [-0.05, 0) is 174 Å². The van der Waals surface area contributed by atoms with Crippen molar-refractivity contribution in [3.63, 3.8) is 0 Å². The van der Waals surface area contributed by atoms with Gasteiger partial charge in [0.1, 0.15) is 11.0 Å². The van der Waals surface area contributed by atoms with Crippen LogP contribution in [0.15, 0.2) is 77.2 Å². The van der Waals surface area contributed by atoms with Crippen molar-refractivity contribution < 1.29 is 54.0 Å². The molecule has 0 aliphatic carbocycles. The average Bonchev–Trinajstić information content (AvgIpc) is 3.25. The van der Waals surface area contributed by atoms with Gasteiger partial charge in [0.15, 0.2) is 0 Å². The van der Waals surface area contributed by atoms with Crippen molar-refractivity contribution in [1.29, 1.82) is 0 Å². The summed E-state index contributed by atoms with van der Waals surface area (Å²) in [6.07, 6.45) is 6.25. The standard InChI is InChI=1S/C20H33NO3S.C16H25NO2.C15H21NO3S.C5H11.BrH.ClH.Mg/c1-14(2)8-13-18(21-25(23)20(5,6)7)16-9-11-17(12-10-16)19(22)24-15(3)4;1-11(2)5-10-15(17)13-6-8-14(9-7-13)16(18)19-12(3)4;1-11(2)19-14(17)13-8-6-12(7-9-13)10-16-20(18)15(3,4)5;1-4-5(2)3;;;/h9-12,14-15,18,21H,8,13H2,1-7H3;6-9,11-12,15H,5,10,17H2,1-4H3;6-11H,1-5H3;5H,1,4H2,2-3H3;2*1H;/q;;;-1;;;+2/p-1/t18-,25+;15-;20-;;;;/m110..../s1. The van der Waals surface area contributed by atoms with E-state index in [1.807, 2.05) is 93.5 Å². The minimum atomic E-state index is -1.28. The molecular weight excluding hydrogens is 1050 g/mol. The Morgan fingerprint density at radius 3 is 1.22 bits per heavy atom. The third-order valence-electron chi connectivity index (χ3n) is 9.59. The van der Waals surface area contributed by atoms with E-state index in [0.717, 1.165) is 54.7 Å². The molecule has 0 fully saturated rings. The third kappa shape index (κ3) is 34.9. The summed E-state index contributed by atoms with van der Waals surface area (Å²) in [7, 11) is -2.43. The molecule has 0 aromatic heterocycles. The van der Waals surface area contributed by atoms with E-state index in [1.54, 1.807) is 68.6 Å². The fourth-order valence-corrected chi connectivity index (χ4v) is 6.72. The van der Waals surface area contributed by atoms with E-state index in [-0.39, 0.29) is 110 Å². The molecule has 3 aromatic rings. The molecule has 0 bridgehead atoms. The van der Waals surface area contributed by atoms with Crippen molar-refractivity contribution in [2.45, 2.75) is 197 Å². The number of carbonyl (C=O) groups is 3. The molecule has 0 unspecified atom stereocenters. The Morgan fingerprint density at radius 2 is 0.917 bits per heavy atom. The Kier molecular flexibility index (Phi) is 41.1. The van der Waals surface area contributed by atoms with E-state index in [9.17, 15) is 22.8 Å². The molecule has 11 nitrogen and oxygen atoms in total. The van der Waals surface area contributed by atoms with Crippen LogP contribution in [0, 0.1) is 24.7 Å². The first-order chi connectivity index (χ1) is 31.9. The number of rotatable bonds is 19. The smallest absolute Gasteiger partial charge is 1.00 e. The Hall–Kier alpha value is -2.50. The van der Waals surface area contributed by atoms with E-state index < -0.39 is 22.0 Å². The number of benzene rings is 3. The van der Waals surface area contributed by atoms with Gasteiger partial charge in [-0.3, -0.25) is 0 Å². The third-order valence-corrected chi connectivity index (χ3v) is 12.5. The van der Waals surface area contributed by atoms with Crippen molar-refractivity contribution in [3.05, 3.63) is 113 Å². The average molecular weight is 1140 g/mol. The number of hydrogen-bond acceptors (Lipinski definition) is 9. The maximum atomic E-state index is 12.5. The van der Waals surface area contributed by atoms with Crippen LogP contribution in [0.25, 0.3) is 0 Å². The van der Waals surface area contributed by atoms with Crippen molar-refractivity contribution in [2.24, 2.45) is 27.9 Å². The quantitative estimate of drug-likeness (QED) is 0.0391. The predicted octanol–water partition coefficient (Wildman–Crippen LogP) is 10.5. The molecule has 0 heterocycles. The van der Waals surface area contributed by atoms with Crippen LogP contribution in [-0.2, 0) is 36.2 Å². The van der Waals surface area contributed by atoms with Crippen LogP contribution in [0.5, 0.6) is 0 Å². The minimum Gasteiger partial charge on any atom is -1.00 e. The number of nitrogens with zero attached hydrogens (tertiary/aromatic N) is 1. The van der Waals surface area contributed by atoms with Gasteiger partial charge in [0.2, 0.25) is 0 Å². The summed E-state index contributed by atoms with van der Waals surface area (Å²) in [5.41, 5.74) is 10.7. The van der Waals surface area contributed by atoms with Crippen LogP contribution in [-0.4, -0.2) is 83.4 Å². The molecule has 0 aliphatic rings. The molecule has 0 radical (unpaired) electrons. The molecule has 72 heavy (non-hydrogen) atoms. The number of nitrogens with two attached hydrogens (primary N) is 1. The fourth-order valence-electron chi connectivity index (χ4n) is 5.32. The number of nitrogens with one attached hydrogen (secondary N) is 1. The summed E-state index contributed by atoms with van der Waals surface area (Å²) < 4.78 is 46.3. The van der Waals surface area contributed by atoms with Gasteiger partial charge in [-0.25, -0.2) is 27.5 Å². The van der Waals surface area contributed by atoms with Crippen molar-refractivity contribution in [3.8, 4) is 0 Å². The Balaban J connectivity index is -0.000000454. The summed E-state index contributed by atoms with van der Waals surface area (Å²) in [5, 5.41) is 0. The van der Waals surface area contributed by atoms with Gasteiger partial charge in [0, 0.05) is 18.3 Å². The normalized spacial score (nSPS) is 12.9. The van der Waals surface area contributed by atoms with E-state index in [4.69, 9.17) is 19.9 Å². The zero-order valence-electron chi connectivity index (χ0n) is 47.0. The van der Waals surface area contributed by atoms with Gasteiger partial charge in [-0.15, -0.1) is 12.4 Å². The fraction of sp³-hybridized carbons (Fsp3) is 0.589. The molecule has 0 saturated carbocycles. The van der Waals surface area contributed by atoms with Gasteiger partial charge in [-0.2, -0.15) is 10.8 Å². The molecule has 3 N–H and O–H groups in total. The second kappa shape index (κ2) is 39.0. The summed E-state index contributed by atoms with van der Waals surface area (Å²) >= 11 is 0. The second-order valence-electron chi connectivity index (χ2n) is 21.1. The van der Waals surface area contributed by atoms with Crippen LogP contribution in [0.4, 0.5) is 0 Å². The second-order valence-corrected chi connectivity index (χ2v) is 25.0. The van der Waals surface area contributed by atoms with Gasteiger partial charge >= 0.3 is 41.0 Å². The number of esters is 3. The first-order valence-corrected chi connectivity index (χ1v) is 26.7. The molecule has 3 aromatic carbocycles. The van der Waals surface area contributed by atoms with E-state index in [0.29, 0.717) is 28.5 Å². The van der Waals surface area contributed by atoms with Crippen LogP contribution >= 0.6 is 12.4 Å². The number of hydrogen-bond donors (Lipinski definition) is 2. The Morgan fingerprint density at radius 1 is 0.583 bits per heavy atom. The molecule has 16 heteroatoms. The van der Waals surface area contributed by atoms with Crippen molar-refractivity contribution >= 4 is 81.6 Å². The summed E-state index contributed by atoms with van der Waals surface area (Å²) in [5.74, 6) is 1.07. The molecule has 0 spiro atoms. The summed E-state index contributed by atoms with van der Waals surface area (Å²) in [4.78, 5) is 35.3. The van der Waals surface area contributed by atoms with Crippen LogP contribution < -0.4 is 27.4 Å². The van der Waals surface area contributed by atoms with Crippen LogP contribution in [0.1, 0.15) is 217 Å². The van der Waals surface area contributed by atoms with Gasteiger partial charge < -0.3 is 43.8 Å². The van der Waals surface area contributed by atoms with Crippen molar-refractivity contribution in [1.82, 2.24) is 4.72 Å². The predicted molar refractivity (Wildman–Crippen MR) is 303 cm³/mol. The first-order valence-electron chi connectivity index (χ1n) is 24.5. The Bertz CT molecular complexity index is 2020. The molecule has 406 valence electrons. The van der Waals surface area contributed by atoms with Gasteiger partial charge in [-0.1, -0.05) is 83.9 Å². The summed E-state index contributed by atoms with van der Waals surface area (Å²) in [6, 6.07) is 21.7. The van der Waals surface area contributed by atoms with E-state index in [1.165, 1.54) is 0 Å². The number of carbonyl (C=O) groups excluding carboxylic acids is 3. The maximum absolute atomic E-state index is 12.5.